The van der Waals surface area contributed by atoms with Gasteiger partial charge in [0, 0.05) is 32.4 Å². The fourth-order valence-corrected chi connectivity index (χ4v) is 1.91. The molecule has 9 nitrogen and oxygen atoms in total. The van der Waals surface area contributed by atoms with Gasteiger partial charge in [0.2, 0.25) is 0 Å². The molecule has 2 aromatic rings. The summed E-state index contributed by atoms with van der Waals surface area (Å²) in [6.45, 7) is 3.04. The molecule has 20 heavy (non-hydrogen) atoms. The van der Waals surface area contributed by atoms with E-state index in [0.717, 1.165) is 26.1 Å². The zero-order valence-corrected chi connectivity index (χ0v) is 10.9. The first-order valence-electron chi connectivity index (χ1n) is 6.58. The van der Waals surface area contributed by atoms with E-state index < -0.39 is 0 Å². The number of amides is 1. The Balaban J connectivity index is 1.43. The van der Waals surface area contributed by atoms with Crippen LogP contribution in [0.2, 0.25) is 0 Å². The summed E-state index contributed by atoms with van der Waals surface area (Å²) < 4.78 is 3.47. The van der Waals surface area contributed by atoms with Crippen LogP contribution in [-0.2, 0) is 6.54 Å². The number of carbonyl (C=O) groups is 1. The Kier molecular flexibility index (Phi) is 3.68. The summed E-state index contributed by atoms with van der Waals surface area (Å²) in [4.78, 5) is 11.9. The van der Waals surface area contributed by atoms with Gasteiger partial charge in [-0.1, -0.05) is 10.4 Å². The first kappa shape index (κ1) is 12.7. The second-order valence-electron chi connectivity index (χ2n) is 4.67. The Morgan fingerprint density at radius 2 is 2.35 bits per heavy atom. The molecule has 1 fully saturated rings. The second kappa shape index (κ2) is 5.78. The van der Waals surface area contributed by atoms with Gasteiger partial charge in [0.25, 0.3) is 5.91 Å². The van der Waals surface area contributed by atoms with Gasteiger partial charge in [-0.25, -0.2) is 4.68 Å². The van der Waals surface area contributed by atoms with E-state index in [1.807, 2.05) is 0 Å². The molecule has 1 aliphatic rings. The van der Waals surface area contributed by atoms with Crippen LogP contribution >= 0.6 is 0 Å². The third-order valence-electron chi connectivity index (χ3n) is 3.20. The maximum atomic E-state index is 11.9. The molecule has 106 valence electrons. The Labute approximate surface area is 115 Å². The normalized spacial score (nSPS) is 15.0. The average molecular weight is 276 g/mol. The summed E-state index contributed by atoms with van der Waals surface area (Å²) in [6.07, 6.45) is 5.90. The number of carbonyl (C=O) groups excluding carboxylic acids is 1. The number of nitrogens with one attached hydrogen (secondary N) is 2. The van der Waals surface area contributed by atoms with Crippen molar-refractivity contribution in [2.75, 3.05) is 19.6 Å². The first-order valence-corrected chi connectivity index (χ1v) is 6.58. The standard InChI is InChI=1S/C11H16N8O/c20-11(13-2-1-4-18-5-3-14-16-18)10-8-19(17-15-10)9-6-12-7-9/h3,5,8-9,12H,1-2,4,6-7H2,(H,13,20). The Morgan fingerprint density at radius 1 is 1.45 bits per heavy atom. The lowest BCUT2D eigenvalue weighted by Gasteiger charge is -2.26. The van der Waals surface area contributed by atoms with Crippen molar-refractivity contribution in [1.82, 2.24) is 40.6 Å². The molecule has 0 saturated carbocycles. The van der Waals surface area contributed by atoms with Gasteiger partial charge in [-0.2, -0.15) is 0 Å². The van der Waals surface area contributed by atoms with Gasteiger partial charge >= 0.3 is 0 Å². The molecule has 0 unspecified atom stereocenters. The molecule has 1 saturated heterocycles. The van der Waals surface area contributed by atoms with Gasteiger partial charge in [0.1, 0.15) is 0 Å². The molecule has 2 N–H and O–H groups in total. The number of nitrogens with zero attached hydrogens (tertiary/aromatic N) is 6. The Morgan fingerprint density at radius 3 is 3.05 bits per heavy atom. The molecule has 1 amide bonds. The Bertz CT molecular complexity index is 559. The molecular weight excluding hydrogens is 260 g/mol. The molecule has 0 aliphatic carbocycles. The zero-order valence-electron chi connectivity index (χ0n) is 10.9. The molecule has 9 heteroatoms. The predicted molar refractivity (Wildman–Crippen MR) is 68.9 cm³/mol. The minimum atomic E-state index is -0.192. The van der Waals surface area contributed by atoms with Gasteiger partial charge in [-0.3, -0.25) is 9.48 Å². The van der Waals surface area contributed by atoms with Crippen molar-refractivity contribution in [2.45, 2.75) is 19.0 Å². The summed E-state index contributed by atoms with van der Waals surface area (Å²) >= 11 is 0. The van der Waals surface area contributed by atoms with Crippen LogP contribution in [0, 0.1) is 0 Å². The highest BCUT2D eigenvalue weighted by molar-refractivity contribution is 5.91. The van der Waals surface area contributed by atoms with Gasteiger partial charge in [-0.05, 0) is 6.42 Å². The molecule has 0 aromatic carbocycles. The van der Waals surface area contributed by atoms with Crippen LogP contribution in [0.15, 0.2) is 18.6 Å². The van der Waals surface area contributed by atoms with Crippen LogP contribution in [0.3, 0.4) is 0 Å². The molecule has 0 radical (unpaired) electrons. The number of aryl methyl sites for hydroxylation is 1. The number of hydrogen-bond acceptors (Lipinski definition) is 6. The highest BCUT2D eigenvalue weighted by Gasteiger charge is 2.21. The van der Waals surface area contributed by atoms with E-state index in [0.29, 0.717) is 18.3 Å². The van der Waals surface area contributed by atoms with Crippen LogP contribution in [0.1, 0.15) is 23.0 Å². The summed E-state index contributed by atoms with van der Waals surface area (Å²) in [7, 11) is 0. The number of aromatic nitrogens is 6. The van der Waals surface area contributed by atoms with Gasteiger partial charge < -0.3 is 10.6 Å². The molecule has 0 bridgehead atoms. The third kappa shape index (κ3) is 2.82. The van der Waals surface area contributed by atoms with Crippen molar-refractivity contribution < 1.29 is 4.79 Å². The third-order valence-corrected chi connectivity index (χ3v) is 3.20. The van der Waals surface area contributed by atoms with Crippen LogP contribution in [0.4, 0.5) is 0 Å². The van der Waals surface area contributed by atoms with Crippen LogP contribution in [-0.4, -0.2) is 55.5 Å². The van der Waals surface area contributed by atoms with E-state index in [-0.39, 0.29) is 5.91 Å². The van der Waals surface area contributed by atoms with Gasteiger partial charge in [0.05, 0.1) is 18.4 Å². The molecule has 3 rings (SSSR count). The SMILES string of the molecule is O=C(NCCCn1ccnn1)c1cn(C2CNC2)nn1. The highest BCUT2D eigenvalue weighted by Crippen LogP contribution is 2.09. The maximum absolute atomic E-state index is 11.9. The van der Waals surface area contributed by atoms with E-state index >= 15 is 0 Å². The summed E-state index contributed by atoms with van der Waals surface area (Å²) in [5.74, 6) is -0.192. The predicted octanol–water partition coefficient (Wildman–Crippen LogP) is -1.17. The number of rotatable bonds is 6. The summed E-state index contributed by atoms with van der Waals surface area (Å²) in [5.41, 5.74) is 0.359. The molecule has 1 aliphatic heterocycles. The maximum Gasteiger partial charge on any atom is 0.273 e. The second-order valence-corrected chi connectivity index (χ2v) is 4.67. The molecule has 3 heterocycles. The molecule has 0 spiro atoms. The number of hydrogen-bond donors (Lipinski definition) is 2. The topological polar surface area (TPSA) is 103 Å². The van der Waals surface area contributed by atoms with Gasteiger partial charge in [0.15, 0.2) is 5.69 Å². The smallest absolute Gasteiger partial charge is 0.273 e. The fourth-order valence-electron chi connectivity index (χ4n) is 1.91. The Hall–Kier alpha value is -2.29. The quantitative estimate of drug-likeness (QED) is 0.645. The van der Waals surface area contributed by atoms with E-state index in [1.165, 1.54) is 0 Å². The van der Waals surface area contributed by atoms with Crippen molar-refractivity contribution in [3.8, 4) is 0 Å². The van der Waals surface area contributed by atoms with Gasteiger partial charge in [-0.15, -0.1) is 10.2 Å². The molecular formula is C11H16N8O. The van der Waals surface area contributed by atoms with Crippen LogP contribution < -0.4 is 10.6 Å². The summed E-state index contributed by atoms with van der Waals surface area (Å²) in [5, 5.41) is 21.4. The largest absolute Gasteiger partial charge is 0.351 e. The van der Waals surface area contributed by atoms with Crippen molar-refractivity contribution in [2.24, 2.45) is 0 Å². The van der Waals surface area contributed by atoms with Crippen molar-refractivity contribution in [1.29, 1.82) is 0 Å². The van der Waals surface area contributed by atoms with Crippen molar-refractivity contribution in [3.05, 3.63) is 24.3 Å². The lowest BCUT2D eigenvalue weighted by atomic mass is 10.2. The minimum Gasteiger partial charge on any atom is -0.351 e. The fraction of sp³-hybridized carbons (Fsp3) is 0.545. The summed E-state index contributed by atoms with van der Waals surface area (Å²) in [6, 6.07) is 0.316. The van der Waals surface area contributed by atoms with Crippen molar-refractivity contribution >= 4 is 5.91 Å². The van der Waals surface area contributed by atoms with E-state index in [9.17, 15) is 4.79 Å². The van der Waals surface area contributed by atoms with Crippen LogP contribution in [0.25, 0.3) is 0 Å². The average Bonchev–Trinajstić information content (AvgIpc) is 3.03. The zero-order chi connectivity index (χ0) is 13.8. The van der Waals surface area contributed by atoms with E-state index in [4.69, 9.17) is 0 Å². The lowest BCUT2D eigenvalue weighted by molar-refractivity contribution is 0.0947. The van der Waals surface area contributed by atoms with E-state index in [2.05, 4.69) is 31.3 Å². The monoisotopic (exact) mass is 276 g/mol. The molecule has 2 aromatic heterocycles. The highest BCUT2D eigenvalue weighted by atomic mass is 16.2. The molecule has 0 atom stereocenters. The van der Waals surface area contributed by atoms with Crippen molar-refractivity contribution in [3.63, 3.8) is 0 Å². The minimum absolute atomic E-state index is 0.192. The lowest BCUT2D eigenvalue weighted by Crippen LogP contribution is -2.43. The van der Waals surface area contributed by atoms with E-state index in [1.54, 1.807) is 28.0 Å². The first-order chi connectivity index (χ1) is 9.83. The van der Waals surface area contributed by atoms with Crippen LogP contribution in [0.5, 0.6) is 0 Å².